The van der Waals surface area contributed by atoms with Crippen molar-refractivity contribution in [3.8, 4) is 0 Å². The Bertz CT molecular complexity index is 414. The molecule has 0 spiro atoms. The van der Waals surface area contributed by atoms with Crippen LogP contribution in [0.5, 0.6) is 0 Å². The van der Waals surface area contributed by atoms with Crippen LogP contribution in [0.3, 0.4) is 0 Å². The van der Waals surface area contributed by atoms with Crippen molar-refractivity contribution < 1.29 is 9.53 Å². The molecule has 1 fully saturated rings. The number of carbonyl (C=O) groups is 1. The largest absolute Gasteiger partial charge is 0.372 e. The third-order valence-corrected chi connectivity index (χ3v) is 4.33. The van der Waals surface area contributed by atoms with E-state index in [4.69, 9.17) is 4.74 Å². The number of carbonyl (C=O) groups excluding carboxylic acids is 1. The Morgan fingerprint density at radius 3 is 2.78 bits per heavy atom. The Kier molecular flexibility index (Phi) is 4.64. The van der Waals surface area contributed by atoms with Gasteiger partial charge in [0.15, 0.2) is 0 Å². The van der Waals surface area contributed by atoms with Gasteiger partial charge < -0.3 is 15.0 Å². The number of urea groups is 1. The molecule has 2 rings (SSSR count). The summed E-state index contributed by atoms with van der Waals surface area (Å²) in [6, 6.07) is 2.01. The average Bonchev–Trinajstić information content (AvgIpc) is 2.70. The normalized spacial score (nSPS) is 24.1. The van der Waals surface area contributed by atoms with E-state index in [1.807, 2.05) is 30.2 Å². The fraction of sp³-hybridized carbons (Fsp3) is 0.583. The molecule has 1 saturated heterocycles. The topological polar surface area (TPSA) is 41.6 Å². The first-order valence-corrected chi connectivity index (χ1v) is 7.63. The molecule has 18 heavy (non-hydrogen) atoms. The summed E-state index contributed by atoms with van der Waals surface area (Å²) in [6.45, 7) is 5.87. The van der Waals surface area contributed by atoms with Crippen LogP contribution < -0.4 is 5.32 Å². The van der Waals surface area contributed by atoms with Crippen LogP contribution in [0.15, 0.2) is 15.2 Å². The van der Waals surface area contributed by atoms with Crippen molar-refractivity contribution in [1.29, 1.82) is 0 Å². The first kappa shape index (κ1) is 13.8. The molecule has 2 amide bonds. The zero-order chi connectivity index (χ0) is 13.1. The average molecular weight is 333 g/mol. The summed E-state index contributed by atoms with van der Waals surface area (Å²) in [4.78, 5) is 13.8. The van der Waals surface area contributed by atoms with Crippen LogP contribution in [-0.2, 0) is 11.3 Å². The second kappa shape index (κ2) is 6.04. The van der Waals surface area contributed by atoms with Gasteiger partial charge in [-0.15, -0.1) is 11.3 Å². The molecule has 2 atom stereocenters. The molecule has 1 aliphatic heterocycles. The molecule has 4 nitrogen and oxygen atoms in total. The van der Waals surface area contributed by atoms with Gasteiger partial charge in [-0.3, -0.25) is 0 Å². The lowest BCUT2D eigenvalue weighted by molar-refractivity contribution is -0.0545. The fourth-order valence-corrected chi connectivity index (χ4v) is 3.28. The molecule has 0 aromatic carbocycles. The van der Waals surface area contributed by atoms with Crippen molar-refractivity contribution in [3.63, 3.8) is 0 Å². The molecule has 100 valence electrons. The maximum Gasteiger partial charge on any atom is 0.317 e. The first-order chi connectivity index (χ1) is 8.54. The molecular formula is C12H17BrN2O2S. The van der Waals surface area contributed by atoms with Crippen LogP contribution >= 0.6 is 27.3 Å². The Labute approximate surface area is 119 Å². The van der Waals surface area contributed by atoms with Crippen LogP contribution in [0.4, 0.5) is 4.79 Å². The Hall–Kier alpha value is -0.590. The van der Waals surface area contributed by atoms with E-state index in [-0.39, 0.29) is 18.2 Å². The van der Waals surface area contributed by atoms with Crippen molar-refractivity contribution in [1.82, 2.24) is 10.2 Å². The second-order valence-corrected chi connectivity index (χ2v) is 6.87. The van der Waals surface area contributed by atoms with Gasteiger partial charge in [-0.1, -0.05) is 0 Å². The van der Waals surface area contributed by atoms with E-state index in [9.17, 15) is 4.79 Å². The summed E-state index contributed by atoms with van der Waals surface area (Å²) in [6.07, 6.45) is 0.213. The van der Waals surface area contributed by atoms with Crippen LogP contribution in [0.2, 0.25) is 0 Å². The third kappa shape index (κ3) is 3.70. The van der Waals surface area contributed by atoms with E-state index in [1.54, 1.807) is 11.3 Å². The minimum Gasteiger partial charge on any atom is -0.372 e. The van der Waals surface area contributed by atoms with Gasteiger partial charge in [-0.25, -0.2) is 4.79 Å². The summed E-state index contributed by atoms with van der Waals surface area (Å²) in [5.74, 6) is 0. The van der Waals surface area contributed by atoms with E-state index in [0.29, 0.717) is 19.6 Å². The molecule has 1 aromatic rings. The van der Waals surface area contributed by atoms with Gasteiger partial charge in [-0.2, -0.15) is 0 Å². The first-order valence-electron chi connectivity index (χ1n) is 5.95. The molecule has 6 heteroatoms. The van der Waals surface area contributed by atoms with E-state index >= 15 is 0 Å². The van der Waals surface area contributed by atoms with Crippen LogP contribution in [0, 0.1) is 0 Å². The molecule has 0 saturated carbocycles. The highest BCUT2D eigenvalue weighted by molar-refractivity contribution is 9.11. The van der Waals surface area contributed by atoms with Crippen molar-refractivity contribution in [2.24, 2.45) is 0 Å². The maximum absolute atomic E-state index is 12.0. The lowest BCUT2D eigenvalue weighted by Gasteiger charge is -2.35. The third-order valence-electron chi connectivity index (χ3n) is 2.77. The molecule has 1 aliphatic rings. The molecule has 0 radical (unpaired) electrons. The Morgan fingerprint density at radius 2 is 2.22 bits per heavy atom. The van der Waals surface area contributed by atoms with Crippen molar-refractivity contribution in [2.45, 2.75) is 32.6 Å². The fourth-order valence-electron chi connectivity index (χ4n) is 2.07. The number of hydrogen-bond acceptors (Lipinski definition) is 3. The molecule has 1 N–H and O–H groups in total. The highest BCUT2D eigenvalue weighted by Crippen LogP contribution is 2.20. The minimum atomic E-state index is -0.0145. The molecule has 0 aliphatic carbocycles. The minimum absolute atomic E-state index is 0.0145. The summed E-state index contributed by atoms with van der Waals surface area (Å²) < 4.78 is 6.69. The number of hydrogen-bond donors (Lipinski definition) is 1. The van der Waals surface area contributed by atoms with E-state index in [1.165, 1.54) is 0 Å². The highest BCUT2D eigenvalue weighted by atomic mass is 79.9. The van der Waals surface area contributed by atoms with Gasteiger partial charge in [-0.05, 0) is 46.8 Å². The smallest absolute Gasteiger partial charge is 0.317 e. The number of halogens is 1. The number of nitrogens with one attached hydrogen (secondary N) is 1. The summed E-state index contributed by atoms with van der Waals surface area (Å²) >= 11 is 5.03. The van der Waals surface area contributed by atoms with E-state index < -0.39 is 0 Å². The van der Waals surface area contributed by atoms with Crippen LogP contribution in [-0.4, -0.2) is 36.2 Å². The van der Waals surface area contributed by atoms with Crippen molar-refractivity contribution >= 4 is 33.3 Å². The van der Waals surface area contributed by atoms with Crippen LogP contribution in [0.25, 0.3) is 0 Å². The van der Waals surface area contributed by atoms with E-state index in [0.717, 1.165) is 9.35 Å². The number of morpholine rings is 1. The predicted molar refractivity (Wildman–Crippen MR) is 75.8 cm³/mol. The molecule has 0 unspecified atom stereocenters. The molecule has 1 aromatic heterocycles. The molecule has 2 heterocycles. The second-order valence-electron chi connectivity index (χ2n) is 4.58. The maximum atomic E-state index is 12.0. The zero-order valence-corrected chi connectivity index (χ0v) is 12.9. The molecular weight excluding hydrogens is 316 g/mol. The van der Waals surface area contributed by atoms with Crippen LogP contribution in [0.1, 0.15) is 19.4 Å². The van der Waals surface area contributed by atoms with Gasteiger partial charge in [0.25, 0.3) is 0 Å². The number of ether oxygens (including phenoxy) is 1. The molecule has 0 bridgehead atoms. The summed E-state index contributed by atoms with van der Waals surface area (Å²) in [5, 5.41) is 4.98. The highest BCUT2D eigenvalue weighted by Gasteiger charge is 2.25. The van der Waals surface area contributed by atoms with Gasteiger partial charge in [0.2, 0.25) is 0 Å². The summed E-state index contributed by atoms with van der Waals surface area (Å²) in [7, 11) is 0. The monoisotopic (exact) mass is 332 g/mol. The Morgan fingerprint density at radius 1 is 1.56 bits per heavy atom. The standard InChI is InChI=1S/C12H17BrN2O2S/c1-8-5-15(6-9(2)17-8)12(16)14-4-10-3-11(13)18-7-10/h3,7-9H,4-6H2,1-2H3,(H,14,16)/t8-,9-/m1/s1. The zero-order valence-electron chi connectivity index (χ0n) is 10.5. The number of rotatable bonds is 2. The van der Waals surface area contributed by atoms with Gasteiger partial charge in [0.1, 0.15) is 0 Å². The number of amides is 2. The van der Waals surface area contributed by atoms with Crippen molar-refractivity contribution in [2.75, 3.05) is 13.1 Å². The quantitative estimate of drug-likeness (QED) is 0.904. The lowest BCUT2D eigenvalue weighted by atomic mass is 10.2. The van der Waals surface area contributed by atoms with Gasteiger partial charge in [0, 0.05) is 19.6 Å². The van der Waals surface area contributed by atoms with Gasteiger partial charge >= 0.3 is 6.03 Å². The number of thiophene rings is 1. The predicted octanol–water partition coefficient (Wildman–Crippen LogP) is 2.83. The van der Waals surface area contributed by atoms with Gasteiger partial charge in [0.05, 0.1) is 16.0 Å². The number of nitrogens with zero attached hydrogens (tertiary/aromatic N) is 1. The lowest BCUT2D eigenvalue weighted by Crippen LogP contribution is -2.51. The van der Waals surface area contributed by atoms with E-state index in [2.05, 4.69) is 21.2 Å². The summed E-state index contributed by atoms with van der Waals surface area (Å²) in [5.41, 5.74) is 1.12. The van der Waals surface area contributed by atoms with Crippen molar-refractivity contribution in [3.05, 3.63) is 20.8 Å². The SMILES string of the molecule is C[C@@H]1CN(C(=O)NCc2csc(Br)c2)C[C@@H](C)O1. The Balaban J connectivity index is 1.84.